The van der Waals surface area contributed by atoms with Crippen molar-refractivity contribution in [2.45, 2.75) is 261 Å². The number of carbonyl (C=O) groups is 1. The average Bonchev–Trinajstić information content (AvgIpc) is 1.69. The third-order valence-corrected chi connectivity index (χ3v) is 26.4. The molecular formula is C69H125KN10O7S. The van der Waals surface area contributed by atoms with E-state index >= 15 is 0 Å². The molecule has 6 N–H and O–H groups in total. The molecule has 0 spiro atoms. The first kappa shape index (κ1) is 78.0. The maximum Gasteiger partial charge on any atom is 1.00 e. The summed E-state index contributed by atoms with van der Waals surface area (Å²) in [6.07, 6.45) is 26.9. The number of nitrogens with zero attached hydrogens (tertiary/aromatic N) is 7. The van der Waals surface area contributed by atoms with Gasteiger partial charge in [0, 0.05) is 48.0 Å². The van der Waals surface area contributed by atoms with Crippen molar-refractivity contribution in [3.05, 3.63) is 20.9 Å². The van der Waals surface area contributed by atoms with Crippen LogP contribution in [-0.4, -0.2) is 105 Å². The molecule has 0 aromatic heterocycles. The fourth-order valence-electron chi connectivity index (χ4n) is 20.3. The van der Waals surface area contributed by atoms with Crippen molar-refractivity contribution in [2.75, 3.05) is 52.4 Å². The number of carbonyl (C=O) groups excluding carboxylic acids is 1. The van der Waals surface area contributed by atoms with Gasteiger partial charge in [0.2, 0.25) is 10.4 Å². The molecule has 20 atom stereocenters. The summed E-state index contributed by atoms with van der Waals surface area (Å²) in [5, 5.41) is 36.9. The zero-order valence-corrected chi connectivity index (χ0v) is 61.4. The molecule has 8 rings (SSSR count). The van der Waals surface area contributed by atoms with Crippen molar-refractivity contribution >= 4 is 21.9 Å². The minimum absolute atomic E-state index is 0. The number of nitrogens with one attached hydrogen (secondary N) is 2. The molecule has 0 aliphatic heterocycles. The van der Waals surface area contributed by atoms with Crippen LogP contribution in [-0.2, 0) is 19.4 Å². The topological polar surface area (TPSA) is 284 Å². The number of rotatable bonds is 29. The van der Waals surface area contributed by atoms with Crippen molar-refractivity contribution < 1.29 is 83.5 Å². The standard InChI is InChI=1S/C35H63N5O.C27H46O6S.C7H17N5.K/c1-24(2)25(3)10-11-26(4)29-12-13-30-33-31(15-17-35(29,30)6)34(5)16-14-28(22-27(34)23-32(33)41)38-20-9-19-37-18-7-8-21-39-40-36;1-16(2)24(33-34(30,31)32)9-6-17(3)20-7-8-21-25-22(11-13-27(20,21)5)26(4)12-10-19(28)14-18(26)15-23(25)29;8-4-3-6-10-5-1-2-7-11-12-9;/h24-27,29-33,37,41H,7-23H2,1-6H3;16-18,20-25,29H,6-15H2,1-5H3,(H,30,31,32);10H,1-8H2;/q;;;+1/p-1/t25-,26-,27-,29-,30?,31?,32-,33?,34+,35-;17-,18-,20-,21?,22?,23-,24-,25?,26+,27-;;/m11../s1. The smallest absolute Gasteiger partial charge is 0.726 e. The molecular weight excluding hydrogens is 1150 g/mol. The number of azide groups is 2. The quantitative estimate of drug-likeness (QED) is 0.00898. The van der Waals surface area contributed by atoms with E-state index in [0.717, 1.165) is 166 Å². The predicted molar refractivity (Wildman–Crippen MR) is 351 cm³/mol. The third-order valence-electron chi connectivity index (χ3n) is 25.9. The molecule has 0 bridgehead atoms. The number of hydrogen-bond acceptors (Lipinski definition) is 13. The molecule has 17 nitrogen and oxygen atoms in total. The normalized spacial score (nSPS) is 36.6. The predicted octanol–water partition coefficient (Wildman–Crippen LogP) is 12.0. The van der Waals surface area contributed by atoms with Crippen molar-refractivity contribution in [1.82, 2.24) is 10.6 Å². The minimum Gasteiger partial charge on any atom is -0.726 e. The zero-order valence-electron chi connectivity index (χ0n) is 57.5. The van der Waals surface area contributed by atoms with Gasteiger partial charge in [-0.1, -0.05) is 99.2 Å². The Morgan fingerprint density at radius 2 is 1.08 bits per heavy atom. The van der Waals surface area contributed by atoms with Gasteiger partial charge in [0.05, 0.1) is 18.3 Å². The van der Waals surface area contributed by atoms with Gasteiger partial charge in [0.25, 0.3) is 0 Å². The molecule has 19 heteroatoms. The van der Waals surface area contributed by atoms with Gasteiger partial charge in [0.1, 0.15) is 5.78 Å². The summed E-state index contributed by atoms with van der Waals surface area (Å²) < 4.78 is 38.4. The van der Waals surface area contributed by atoms with E-state index in [-0.39, 0.29) is 80.3 Å². The van der Waals surface area contributed by atoms with Crippen LogP contribution < -0.4 is 67.8 Å². The Balaban J connectivity index is 0.000000271. The fraction of sp³-hybridized carbons (Fsp3) is 0.971. The molecule has 0 saturated heterocycles. The van der Waals surface area contributed by atoms with Crippen LogP contribution in [0.3, 0.4) is 0 Å². The summed E-state index contributed by atoms with van der Waals surface area (Å²) >= 11 is 0. The molecule has 8 aliphatic rings. The second kappa shape index (κ2) is 36.4. The van der Waals surface area contributed by atoms with E-state index in [1.165, 1.54) is 50.7 Å². The third kappa shape index (κ3) is 20.2. The van der Waals surface area contributed by atoms with Crippen molar-refractivity contribution in [2.24, 2.45) is 131 Å². The van der Waals surface area contributed by atoms with Crippen molar-refractivity contribution in [3.63, 3.8) is 0 Å². The Hall–Kier alpha value is -0.734. The zero-order chi connectivity index (χ0) is 63.7. The first-order valence-corrected chi connectivity index (χ1v) is 36.8. The summed E-state index contributed by atoms with van der Waals surface area (Å²) in [5.74, 6) is 8.68. The van der Waals surface area contributed by atoms with Crippen LogP contribution in [0.1, 0.15) is 243 Å². The van der Waals surface area contributed by atoms with E-state index in [4.69, 9.17) is 26.0 Å². The van der Waals surface area contributed by atoms with Crippen LogP contribution in [0.5, 0.6) is 0 Å². The molecule has 0 amide bonds. The van der Waals surface area contributed by atoms with Gasteiger partial charge in [-0.2, -0.15) is 0 Å². The van der Waals surface area contributed by atoms with Crippen LogP contribution in [0, 0.1) is 110 Å². The van der Waals surface area contributed by atoms with Gasteiger partial charge in [-0.05, 0) is 295 Å². The molecule has 0 aromatic carbocycles. The monoisotopic (exact) mass is 1280 g/mol. The average molecular weight is 1280 g/mol. The summed E-state index contributed by atoms with van der Waals surface area (Å²) in [5.41, 5.74) is 24.2. The number of Topliss-reactive ketones (excluding diaryl/α,β-unsaturated/α-hetero) is 1. The van der Waals surface area contributed by atoms with Crippen LogP contribution in [0.25, 0.3) is 20.9 Å². The Kier molecular flexibility index (Phi) is 32.2. The number of aliphatic hydroxyl groups excluding tert-OH is 2. The first-order valence-electron chi connectivity index (χ1n) is 35.5. The summed E-state index contributed by atoms with van der Waals surface area (Å²) in [6.45, 7) is 32.7. The van der Waals surface area contributed by atoms with Crippen molar-refractivity contribution in [1.29, 1.82) is 0 Å². The number of nitrogens with two attached hydrogens (primary N) is 1. The maximum atomic E-state index is 12.2. The van der Waals surface area contributed by atoms with Gasteiger partial charge < -0.3 is 31.1 Å². The number of hydrogen-bond donors (Lipinski definition) is 5. The Labute approximate surface area is 577 Å². The van der Waals surface area contributed by atoms with Gasteiger partial charge >= 0.3 is 51.4 Å². The largest absolute Gasteiger partial charge is 1.00 e. The van der Waals surface area contributed by atoms with E-state index in [2.05, 4.69) is 93.0 Å². The fourth-order valence-corrected chi connectivity index (χ4v) is 21.0. The van der Waals surface area contributed by atoms with E-state index in [9.17, 15) is 28.0 Å². The van der Waals surface area contributed by atoms with Crippen LogP contribution in [0.4, 0.5) is 0 Å². The molecule has 8 fully saturated rings. The van der Waals surface area contributed by atoms with Gasteiger partial charge in [0.15, 0.2) is 0 Å². The Morgan fingerprint density at radius 1 is 0.614 bits per heavy atom. The molecule has 88 heavy (non-hydrogen) atoms. The van der Waals surface area contributed by atoms with E-state index < -0.39 is 16.5 Å². The molecule has 8 aliphatic carbocycles. The SMILES string of the molecule is CC(C)[C@@H](CC[C@@H](C)[C@H]1CCC2C3C(CC[C@@]21C)[C@@]1(C)CCC(=O)C[C@@H]1C[C@H]3O)OS(=O)(=O)[O-].CC(C)[C@H](C)CC[C@@H](C)[C@H]1CCC2C3C(CC[C@@]21C)[C@@]1(C)CCC(=NCCCNCCCCN=[N+]=[N-])C[C@@H]1C[C@H]3O.[K+].[N-]=[N+]=NCCCCNCCCN. The number of aliphatic imine (C=N–C) groups is 1. The molecule has 500 valence electrons. The molecule has 0 heterocycles. The molecule has 0 aromatic rings. The van der Waals surface area contributed by atoms with Crippen LogP contribution in [0.2, 0.25) is 0 Å². The number of fused-ring (bicyclic) bond motifs is 10. The Bertz CT molecular complexity index is 2380. The van der Waals surface area contributed by atoms with Crippen molar-refractivity contribution in [3.8, 4) is 0 Å². The number of aliphatic hydroxyl groups is 2. The first-order chi connectivity index (χ1) is 41.3. The maximum absolute atomic E-state index is 12.2. The molecule has 6 unspecified atom stereocenters. The van der Waals surface area contributed by atoms with E-state index in [1.807, 2.05) is 13.8 Å². The second-order valence-corrected chi connectivity index (χ2v) is 32.4. The number of unbranched alkanes of at least 4 members (excludes halogenated alkanes) is 2. The molecule has 0 radical (unpaired) electrons. The van der Waals surface area contributed by atoms with Crippen LogP contribution >= 0.6 is 0 Å². The van der Waals surface area contributed by atoms with E-state index in [0.29, 0.717) is 108 Å². The second-order valence-electron chi connectivity index (χ2n) is 31.4. The summed E-state index contributed by atoms with van der Waals surface area (Å²) in [7, 11) is -4.70. The number of ketones is 1. The molecule has 8 saturated carbocycles. The Morgan fingerprint density at radius 3 is 1.56 bits per heavy atom. The van der Waals surface area contributed by atoms with E-state index in [1.54, 1.807) is 0 Å². The minimum atomic E-state index is -4.70. The van der Waals surface area contributed by atoms with Crippen LogP contribution in [0.15, 0.2) is 15.2 Å². The van der Waals surface area contributed by atoms with Gasteiger partial charge in [-0.25, -0.2) is 8.42 Å². The van der Waals surface area contributed by atoms with Gasteiger partial charge in [-0.15, -0.1) is 0 Å². The van der Waals surface area contributed by atoms with Gasteiger partial charge in [-0.3, -0.25) is 14.0 Å². The summed E-state index contributed by atoms with van der Waals surface area (Å²) in [6, 6.07) is 0. The summed E-state index contributed by atoms with van der Waals surface area (Å²) in [4.78, 5) is 22.7.